The molecule has 7 unspecified atom stereocenters. The van der Waals surface area contributed by atoms with Gasteiger partial charge in [-0.05, 0) is 51.0 Å². The highest BCUT2D eigenvalue weighted by Crippen LogP contribution is 2.61. The maximum atomic E-state index is 12.8. The summed E-state index contributed by atoms with van der Waals surface area (Å²) in [6, 6.07) is 0. The van der Waals surface area contributed by atoms with Gasteiger partial charge < -0.3 is 24.1 Å². The lowest BCUT2D eigenvalue weighted by Gasteiger charge is -2.58. The van der Waals surface area contributed by atoms with Crippen LogP contribution in [0.3, 0.4) is 0 Å². The van der Waals surface area contributed by atoms with E-state index in [-0.39, 0.29) is 17.8 Å². The number of aliphatic hydroxyl groups excluding tert-OH is 1. The fourth-order valence-corrected chi connectivity index (χ4v) is 5.42. The number of allylic oxidation sites excluding steroid dienone is 1. The fourth-order valence-electron chi connectivity index (χ4n) is 5.42. The summed E-state index contributed by atoms with van der Waals surface area (Å²) in [4.78, 5) is 12.8. The van der Waals surface area contributed by atoms with Crippen LogP contribution < -0.4 is 0 Å². The minimum atomic E-state index is -0.967. The van der Waals surface area contributed by atoms with Gasteiger partial charge in [-0.1, -0.05) is 19.9 Å². The summed E-state index contributed by atoms with van der Waals surface area (Å²) in [6.07, 6.45) is 2.43. The molecule has 1 N–H and O–H groups in total. The van der Waals surface area contributed by atoms with Gasteiger partial charge in [-0.15, -0.1) is 0 Å². The molecule has 3 rings (SSSR count). The van der Waals surface area contributed by atoms with Gasteiger partial charge in [-0.3, -0.25) is 0 Å². The Morgan fingerprint density at radius 3 is 2.57 bits per heavy atom. The van der Waals surface area contributed by atoms with Crippen molar-refractivity contribution >= 4 is 5.97 Å². The lowest BCUT2D eigenvalue weighted by atomic mass is 9.51. The monoisotopic (exact) mass is 394 g/mol. The first-order valence-electron chi connectivity index (χ1n) is 10.1. The summed E-state index contributed by atoms with van der Waals surface area (Å²) in [7, 11) is 3.23. The number of esters is 1. The van der Waals surface area contributed by atoms with Gasteiger partial charge in [0.2, 0.25) is 0 Å². The quantitative estimate of drug-likeness (QED) is 0.448. The summed E-state index contributed by atoms with van der Waals surface area (Å²) >= 11 is 0. The smallest absolute Gasteiger partial charge is 0.333 e. The van der Waals surface area contributed by atoms with E-state index in [1.807, 2.05) is 13.8 Å². The molecule has 158 valence electrons. The molecule has 0 aromatic heterocycles. The Morgan fingerprint density at radius 1 is 1.32 bits per heavy atom. The highest BCUT2D eigenvalue weighted by atomic mass is 16.8. The lowest BCUT2D eigenvalue weighted by Crippen LogP contribution is -2.62. The van der Waals surface area contributed by atoms with Crippen LogP contribution in [0.2, 0.25) is 0 Å². The van der Waals surface area contributed by atoms with Crippen LogP contribution in [0.5, 0.6) is 0 Å². The van der Waals surface area contributed by atoms with Gasteiger partial charge >= 0.3 is 5.97 Å². The molecule has 2 saturated carbocycles. The first kappa shape index (κ1) is 21.5. The first-order chi connectivity index (χ1) is 13.2. The number of hydrogen-bond donors (Lipinski definition) is 1. The highest BCUT2D eigenvalue weighted by Gasteiger charge is 2.65. The molecule has 0 saturated heterocycles. The standard InChI is InChI=1S/C22H34O6/c1-8-12(2)19(24)27-18-17-13(3)20(25-6)28-22(17,26-7)11-15-9-10-16(23)14(4)21(15,18)5/h8,14-16,18,20,23H,9-11H2,1-7H3. The van der Waals surface area contributed by atoms with Gasteiger partial charge in [0.25, 0.3) is 0 Å². The van der Waals surface area contributed by atoms with Crippen molar-refractivity contribution in [2.45, 2.75) is 78.2 Å². The normalized spacial score (nSPS) is 43.6. The van der Waals surface area contributed by atoms with Crippen LogP contribution in [0.15, 0.2) is 22.8 Å². The van der Waals surface area contributed by atoms with Crippen molar-refractivity contribution in [2.24, 2.45) is 17.3 Å². The average molecular weight is 395 g/mol. The van der Waals surface area contributed by atoms with Crippen molar-refractivity contribution in [3.63, 3.8) is 0 Å². The van der Waals surface area contributed by atoms with E-state index in [4.69, 9.17) is 18.9 Å². The molecular formula is C22H34O6. The minimum Gasteiger partial charge on any atom is -0.454 e. The number of fused-ring (bicyclic) bond motifs is 2. The zero-order valence-electron chi connectivity index (χ0n) is 18.1. The maximum absolute atomic E-state index is 12.8. The molecule has 0 spiro atoms. The van der Waals surface area contributed by atoms with E-state index in [9.17, 15) is 9.90 Å². The average Bonchev–Trinajstić information content (AvgIpc) is 2.98. The van der Waals surface area contributed by atoms with Crippen molar-refractivity contribution in [1.29, 1.82) is 0 Å². The van der Waals surface area contributed by atoms with Crippen LogP contribution >= 0.6 is 0 Å². The summed E-state index contributed by atoms with van der Waals surface area (Å²) in [6.45, 7) is 9.70. The Hall–Kier alpha value is -1.21. The lowest BCUT2D eigenvalue weighted by molar-refractivity contribution is -0.285. The number of rotatable bonds is 4. The van der Waals surface area contributed by atoms with Crippen LogP contribution in [-0.4, -0.2) is 49.6 Å². The van der Waals surface area contributed by atoms with Crippen LogP contribution in [0, 0.1) is 17.3 Å². The molecule has 2 aliphatic carbocycles. The van der Waals surface area contributed by atoms with Crippen molar-refractivity contribution < 1.29 is 28.8 Å². The van der Waals surface area contributed by atoms with E-state index < -0.39 is 29.7 Å². The second-order valence-electron chi connectivity index (χ2n) is 8.70. The topological polar surface area (TPSA) is 74.2 Å². The summed E-state index contributed by atoms with van der Waals surface area (Å²) in [5.41, 5.74) is 1.84. The second-order valence-corrected chi connectivity index (χ2v) is 8.70. The highest BCUT2D eigenvalue weighted by molar-refractivity contribution is 5.88. The number of carbonyl (C=O) groups excluding carboxylic acids is 1. The molecule has 0 aromatic carbocycles. The van der Waals surface area contributed by atoms with Crippen LogP contribution in [0.1, 0.15) is 53.9 Å². The molecule has 0 bridgehead atoms. The minimum absolute atomic E-state index is 0.0355. The van der Waals surface area contributed by atoms with E-state index in [0.717, 1.165) is 24.0 Å². The zero-order valence-corrected chi connectivity index (χ0v) is 18.1. The molecule has 0 radical (unpaired) electrons. The molecule has 3 aliphatic rings. The van der Waals surface area contributed by atoms with Gasteiger partial charge in [-0.25, -0.2) is 4.79 Å². The number of carbonyl (C=O) groups is 1. The largest absolute Gasteiger partial charge is 0.454 e. The van der Waals surface area contributed by atoms with E-state index in [1.165, 1.54) is 0 Å². The van der Waals surface area contributed by atoms with Gasteiger partial charge in [0.05, 0.1) is 6.10 Å². The fraction of sp³-hybridized carbons (Fsp3) is 0.773. The molecule has 1 heterocycles. The molecule has 0 amide bonds. The van der Waals surface area contributed by atoms with Gasteiger partial charge in [0, 0.05) is 37.2 Å². The Labute approximate surface area is 167 Å². The van der Waals surface area contributed by atoms with Crippen molar-refractivity contribution in [2.75, 3.05) is 14.2 Å². The Morgan fingerprint density at radius 2 is 2.00 bits per heavy atom. The molecule has 7 atom stereocenters. The number of hydrogen-bond acceptors (Lipinski definition) is 6. The van der Waals surface area contributed by atoms with Crippen molar-refractivity contribution in [1.82, 2.24) is 0 Å². The van der Waals surface area contributed by atoms with Crippen LogP contribution in [0.4, 0.5) is 0 Å². The Balaban J connectivity index is 2.16. The Kier molecular flexibility index (Phi) is 5.80. The molecular weight excluding hydrogens is 360 g/mol. The van der Waals surface area contributed by atoms with Crippen molar-refractivity contribution in [3.05, 3.63) is 22.8 Å². The van der Waals surface area contributed by atoms with E-state index in [1.54, 1.807) is 27.2 Å². The van der Waals surface area contributed by atoms with Gasteiger partial charge in [-0.2, -0.15) is 0 Å². The third kappa shape index (κ3) is 2.96. The van der Waals surface area contributed by atoms with E-state index in [2.05, 4.69) is 13.8 Å². The number of ether oxygens (including phenoxy) is 4. The SMILES string of the molecule is CC=C(C)C(=O)OC1C2=C(C)C(OC)OC2(OC)CC2CCC(O)C(C)C21C. The first-order valence-corrected chi connectivity index (χ1v) is 10.1. The summed E-state index contributed by atoms with van der Waals surface area (Å²) in [5, 5.41) is 10.7. The van der Waals surface area contributed by atoms with Crippen LogP contribution in [0.25, 0.3) is 0 Å². The molecule has 1 aliphatic heterocycles. The zero-order chi connectivity index (χ0) is 20.9. The molecule has 6 heteroatoms. The molecule has 2 fully saturated rings. The van der Waals surface area contributed by atoms with Gasteiger partial charge in [0.15, 0.2) is 12.1 Å². The maximum Gasteiger partial charge on any atom is 0.333 e. The van der Waals surface area contributed by atoms with E-state index in [0.29, 0.717) is 12.0 Å². The van der Waals surface area contributed by atoms with E-state index >= 15 is 0 Å². The van der Waals surface area contributed by atoms with Crippen molar-refractivity contribution in [3.8, 4) is 0 Å². The predicted molar refractivity (Wildman–Crippen MR) is 104 cm³/mol. The predicted octanol–water partition coefficient (Wildman–Crippen LogP) is 3.34. The molecule has 28 heavy (non-hydrogen) atoms. The van der Waals surface area contributed by atoms with Gasteiger partial charge in [0.1, 0.15) is 6.10 Å². The van der Waals surface area contributed by atoms with Crippen LogP contribution in [-0.2, 0) is 23.7 Å². The second kappa shape index (κ2) is 7.56. The molecule has 0 aromatic rings. The third-order valence-corrected chi connectivity index (χ3v) is 7.60. The summed E-state index contributed by atoms with van der Waals surface area (Å²) in [5.74, 6) is -1.17. The third-order valence-electron chi connectivity index (χ3n) is 7.60. The molecule has 6 nitrogen and oxygen atoms in total. The number of aliphatic hydroxyl groups is 1. The Bertz CT molecular complexity index is 697. The number of methoxy groups -OCH3 is 2. The summed E-state index contributed by atoms with van der Waals surface area (Å²) < 4.78 is 23.8.